The molecular weight excluding hydrogens is 266 g/mol. The molecule has 1 aliphatic carbocycles. The summed E-state index contributed by atoms with van der Waals surface area (Å²) in [6, 6.07) is 0. The number of aliphatic hydroxyl groups excluding tert-OH is 1. The molecule has 0 radical (unpaired) electrons. The van der Waals surface area contributed by atoms with Crippen LogP contribution in [0.2, 0.25) is 0 Å². The lowest BCUT2D eigenvalue weighted by molar-refractivity contribution is 0.0576. The second kappa shape index (κ2) is 5.76. The van der Waals surface area contributed by atoms with E-state index in [1.165, 1.54) is 12.8 Å². The maximum Gasteiger partial charge on any atom is 0.0954 e. The molecule has 2 nitrogen and oxygen atoms in total. The van der Waals surface area contributed by atoms with Gasteiger partial charge in [-0.3, -0.25) is 0 Å². The summed E-state index contributed by atoms with van der Waals surface area (Å²) in [7, 11) is 0. The van der Waals surface area contributed by atoms with Crippen molar-refractivity contribution in [2.24, 2.45) is 11.3 Å². The summed E-state index contributed by atoms with van der Waals surface area (Å²) >= 11 is 1.70. The molecule has 1 N–H and O–H groups in total. The number of thiazole rings is 1. The summed E-state index contributed by atoms with van der Waals surface area (Å²) in [6.45, 7) is 11.2. The summed E-state index contributed by atoms with van der Waals surface area (Å²) in [5.41, 5.74) is 1.72. The first kappa shape index (κ1) is 16.0. The van der Waals surface area contributed by atoms with Gasteiger partial charge in [0.1, 0.15) is 0 Å². The standard InChI is InChI=1S/C17H29NOS/c1-16(2,3)14-11-20-15(18-14)10-13(19)12-6-8-17(4,5)9-7-12/h11-13,19H,6-10H2,1-5H3. The lowest BCUT2D eigenvalue weighted by atomic mass is 9.71. The van der Waals surface area contributed by atoms with Crippen LogP contribution in [-0.2, 0) is 11.8 Å². The second-order valence-corrected chi connectivity index (χ2v) is 9.09. The number of rotatable bonds is 3. The number of nitrogens with zero attached hydrogens (tertiary/aromatic N) is 1. The number of aromatic nitrogens is 1. The monoisotopic (exact) mass is 295 g/mol. The summed E-state index contributed by atoms with van der Waals surface area (Å²) in [5.74, 6) is 0.463. The van der Waals surface area contributed by atoms with Gasteiger partial charge < -0.3 is 5.11 Å². The zero-order valence-corrected chi connectivity index (χ0v) is 14.4. The summed E-state index contributed by atoms with van der Waals surface area (Å²) < 4.78 is 0. The minimum absolute atomic E-state index is 0.106. The fourth-order valence-corrected chi connectivity index (χ4v) is 3.97. The number of hydrogen-bond acceptors (Lipinski definition) is 3. The Balaban J connectivity index is 1.92. The van der Waals surface area contributed by atoms with Crippen LogP contribution in [0.5, 0.6) is 0 Å². The molecule has 1 unspecified atom stereocenters. The van der Waals surface area contributed by atoms with Crippen molar-refractivity contribution in [2.45, 2.75) is 78.2 Å². The summed E-state index contributed by atoms with van der Waals surface area (Å²) in [5, 5.41) is 13.7. The van der Waals surface area contributed by atoms with Gasteiger partial charge in [0.25, 0.3) is 0 Å². The SMILES string of the molecule is CC1(C)CCC(C(O)Cc2nc(C(C)(C)C)cs2)CC1. The van der Waals surface area contributed by atoms with Gasteiger partial charge in [0.05, 0.1) is 16.8 Å². The van der Waals surface area contributed by atoms with Gasteiger partial charge in [-0.05, 0) is 37.0 Å². The summed E-state index contributed by atoms with van der Waals surface area (Å²) in [6.07, 6.45) is 5.30. The van der Waals surface area contributed by atoms with Gasteiger partial charge in [-0.15, -0.1) is 11.3 Å². The zero-order chi connectivity index (χ0) is 15.0. The molecule has 1 atom stereocenters. The third-order valence-corrected chi connectivity index (χ3v) is 5.50. The van der Waals surface area contributed by atoms with Crippen molar-refractivity contribution in [3.05, 3.63) is 16.1 Å². The summed E-state index contributed by atoms with van der Waals surface area (Å²) in [4.78, 5) is 4.70. The highest BCUT2D eigenvalue weighted by atomic mass is 32.1. The average Bonchev–Trinajstić information content (AvgIpc) is 2.77. The Hall–Kier alpha value is -0.410. The molecule has 0 bridgehead atoms. The largest absolute Gasteiger partial charge is 0.392 e. The average molecular weight is 295 g/mol. The van der Waals surface area contributed by atoms with Crippen LogP contribution in [0.25, 0.3) is 0 Å². The van der Waals surface area contributed by atoms with Gasteiger partial charge in [0.15, 0.2) is 0 Å². The molecule has 1 aliphatic rings. The molecule has 0 spiro atoms. The van der Waals surface area contributed by atoms with Crippen molar-refractivity contribution in [2.75, 3.05) is 0 Å². The maximum atomic E-state index is 10.5. The van der Waals surface area contributed by atoms with E-state index in [-0.39, 0.29) is 11.5 Å². The zero-order valence-electron chi connectivity index (χ0n) is 13.6. The van der Waals surface area contributed by atoms with Crippen molar-refractivity contribution in [3.63, 3.8) is 0 Å². The van der Waals surface area contributed by atoms with Gasteiger partial charge in [0, 0.05) is 17.2 Å². The van der Waals surface area contributed by atoms with Gasteiger partial charge in [0.2, 0.25) is 0 Å². The van der Waals surface area contributed by atoms with E-state index in [0.717, 1.165) is 30.0 Å². The van der Waals surface area contributed by atoms with E-state index in [4.69, 9.17) is 4.98 Å². The van der Waals surface area contributed by atoms with Crippen LogP contribution >= 0.6 is 11.3 Å². The fourth-order valence-electron chi connectivity index (χ4n) is 2.90. The van der Waals surface area contributed by atoms with Crippen LogP contribution in [0, 0.1) is 11.3 Å². The van der Waals surface area contributed by atoms with Crippen molar-refractivity contribution in [3.8, 4) is 0 Å². The van der Waals surface area contributed by atoms with E-state index in [9.17, 15) is 5.11 Å². The van der Waals surface area contributed by atoms with Crippen LogP contribution in [0.3, 0.4) is 0 Å². The van der Waals surface area contributed by atoms with Crippen LogP contribution < -0.4 is 0 Å². The highest BCUT2D eigenvalue weighted by Crippen LogP contribution is 2.39. The van der Waals surface area contributed by atoms with Crippen molar-refractivity contribution in [1.82, 2.24) is 4.98 Å². The predicted octanol–water partition coefficient (Wildman–Crippen LogP) is 4.56. The van der Waals surface area contributed by atoms with Crippen LogP contribution in [-0.4, -0.2) is 16.2 Å². The minimum atomic E-state index is -0.218. The molecule has 20 heavy (non-hydrogen) atoms. The topological polar surface area (TPSA) is 33.1 Å². The molecule has 2 rings (SSSR count). The van der Waals surface area contributed by atoms with Gasteiger partial charge in [-0.1, -0.05) is 34.6 Å². The van der Waals surface area contributed by atoms with Crippen LogP contribution in [0.15, 0.2) is 5.38 Å². The third kappa shape index (κ3) is 4.05. The lowest BCUT2D eigenvalue weighted by Gasteiger charge is -2.36. The molecule has 0 saturated heterocycles. The van der Waals surface area contributed by atoms with Crippen LogP contribution in [0.1, 0.15) is 71.0 Å². The van der Waals surface area contributed by atoms with Gasteiger partial charge >= 0.3 is 0 Å². The third-order valence-electron chi connectivity index (χ3n) is 4.63. The number of aliphatic hydroxyl groups is 1. The quantitative estimate of drug-likeness (QED) is 0.886. The molecular formula is C17H29NOS. The Kier molecular flexibility index (Phi) is 4.60. The molecule has 1 aromatic rings. The smallest absolute Gasteiger partial charge is 0.0954 e. The normalized spacial score (nSPS) is 21.9. The molecule has 1 aromatic heterocycles. The van der Waals surface area contributed by atoms with E-state index in [1.54, 1.807) is 11.3 Å². The molecule has 1 saturated carbocycles. The second-order valence-electron chi connectivity index (χ2n) is 8.15. The van der Waals surface area contributed by atoms with Gasteiger partial charge in [-0.2, -0.15) is 0 Å². The Morgan fingerprint density at radius 1 is 1.35 bits per heavy atom. The van der Waals surface area contributed by atoms with E-state index in [0.29, 0.717) is 11.3 Å². The molecule has 114 valence electrons. The molecule has 0 amide bonds. The van der Waals surface area contributed by atoms with Crippen LogP contribution in [0.4, 0.5) is 0 Å². The van der Waals surface area contributed by atoms with Crippen molar-refractivity contribution >= 4 is 11.3 Å². The highest BCUT2D eigenvalue weighted by Gasteiger charge is 2.31. The fraction of sp³-hybridized carbons (Fsp3) is 0.824. The predicted molar refractivity (Wildman–Crippen MR) is 86.3 cm³/mol. The first-order chi connectivity index (χ1) is 9.17. The Labute approximate surface area is 127 Å². The molecule has 0 aromatic carbocycles. The lowest BCUT2D eigenvalue weighted by Crippen LogP contribution is -2.30. The van der Waals surface area contributed by atoms with E-state index >= 15 is 0 Å². The first-order valence-corrected chi connectivity index (χ1v) is 8.68. The Morgan fingerprint density at radius 3 is 2.45 bits per heavy atom. The van der Waals surface area contributed by atoms with E-state index in [2.05, 4.69) is 40.0 Å². The highest BCUT2D eigenvalue weighted by molar-refractivity contribution is 7.09. The molecule has 3 heteroatoms. The first-order valence-electron chi connectivity index (χ1n) is 7.80. The molecule has 1 fully saturated rings. The Morgan fingerprint density at radius 2 is 1.95 bits per heavy atom. The molecule has 1 heterocycles. The Bertz CT molecular complexity index is 434. The van der Waals surface area contributed by atoms with E-state index < -0.39 is 0 Å². The minimum Gasteiger partial charge on any atom is -0.392 e. The van der Waals surface area contributed by atoms with Crippen molar-refractivity contribution < 1.29 is 5.11 Å². The number of hydrogen-bond donors (Lipinski definition) is 1. The van der Waals surface area contributed by atoms with Gasteiger partial charge in [-0.25, -0.2) is 4.98 Å². The van der Waals surface area contributed by atoms with E-state index in [1.807, 2.05) is 0 Å². The maximum absolute atomic E-state index is 10.5. The van der Waals surface area contributed by atoms with Crippen molar-refractivity contribution in [1.29, 1.82) is 0 Å². The molecule has 0 aliphatic heterocycles.